The van der Waals surface area contributed by atoms with Gasteiger partial charge in [-0.3, -0.25) is 14.4 Å². The molecule has 13 nitrogen and oxygen atoms in total. The molecule has 6 aromatic rings. The van der Waals surface area contributed by atoms with Gasteiger partial charge in [0.1, 0.15) is 36.8 Å². The quantitative estimate of drug-likeness (QED) is 0.0471. The number of nitrogens with one attached hydrogen (secondary N) is 2. The minimum atomic E-state index is -0.964. The van der Waals surface area contributed by atoms with Crippen molar-refractivity contribution in [2.45, 2.75) is 85.0 Å². The van der Waals surface area contributed by atoms with Crippen molar-refractivity contribution in [2.75, 3.05) is 40.0 Å². The second kappa shape index (κ2) is 25.5. The van der Waals surface area contributed by atoms with E-state index in [1.165, 1.54) is 26.5 Å². The average Bonchev–Trinajstić information content (AvgIpc) is 4.02. The number of ether oxygens (including phenoxy) is 3. The number of likely N-dealkylation sites (tertiary alicyclic amines) is 1. The van der Waals surface area contributed by atoms with E-state index in [1.54, 1.807) is 30.5 Å². The number of benzene rings is 5. The van der Waals surface area contributed by atoms with E-state index in [-0.39, 0.29) is 38.6 Å². The van der Waals surface area contributed by atoms with Crippen LogP contribution in [0.1, 0.15) is 80.5 Å². The molecule has 0 unspecified atom stereocenters. The van der Waals surface area contributed by atoms with E-state index < -0.39 is 41.5 Å². The van der Waals surface area contributed by atoms with Crippen molar-refractivity contribution in [2.24, 2.45) is 5.41 Å². The Hall–Kier alpha value is -7.13. The molecule has 0 aliphatic carbocycles. The first kappa shape index (κ1) is 53.7. The summed E-state index contributed by atoms with van der Waals surface area (Å²) < 4.78 is 17.4. The molecule has 382 valence electrons. The fourth-order valence-electron chi connectivity index (χ4n) is 8.82. The standard InChI is InChI=1S/C59H67N5O8S/c1-7-50(43-16-10-8-11-17-43)53(44-18-12-9-13-19-44)45-26-30-48(31-27-45)71-34-32-63(6)58(69)72-49-28-22-41(23-29-49)15-14-33-70-38-52(66)62-55(59(3,4)5)57(68)64-37-47(65)35-51(64)56(67)60-36-42-20-24-46(25-21-42)54-40(2)61-39-73-54/h8-13,16-31,39,47,51,55,65H,7,14-15,32-38H2,1-6H3,(H,60,67)(H,62,66)/b53-50-/t47-,51+,55-/m1/s1. The van der Waals surface area contributed by atoms with Crippen LogP contribution in [-0.4, -0.2) is 102 Å². The number of amides is 4. The average molecular weight is 1010 g/mol. The number of aryl methyl sites for hydroxylation is 2. The van der Waals surface area contributed by atoms with Crippen LogP contribution < -0.4 is 20.1 Å². The van der Waals surface area contributed by atoms with Crippen LogP contribution in [0.15, 0.2) is 139 Å². The largest absolute Gasteiger partial charge is 0.492 e. The molecule has 14 heteroatoms. The Kier molecular flexibility index (Phi) is 18.7. The Balaban J connectivity index is 0.811. The van der Waals surface area contributed by atoms with Crippen LogP contribution in [-0.2, 0) is 32.1 Å². The highest BCUT2D eigenvalue weighted by atomic mass is 32.1. The molecule has 1 saturated heterocycles. The SMILES string of the molecule is CC/C(=C(\c1ccccc1)c1ccc(OCCN(C)C(=O)Oc2ccc(CCCOCC(=O)N[C@H](C(=O)N3C[C@H](O)C[C@H]3C(=O)NCc3ccc(-c4scnc4C)cc3)C(C)(C)C)cc2)cc1)c1ccccc1. The maximum Gasteiger partial charge on any atom is 0.415 e. The molecule has 1 aliphatic rings. The maximum absolute atomic E-state index is 14.0. The number of hydrogen-bond acceptors (Lipinski definition) is 10. The first-order valence-corrected chi connectivity index (χ1v) is 25.8. The highest BCUT2D eigenvalue weighted by Gasteiger charge is 2.44. The van der Waals surface area contributed by atoms with Gasteiger partial charge in [0.05, 0.1) is 28.7 Å². The number of aliphatic hydroxyl groups excluding tert-OH is 1. The molecule has 2 heterocycles. The number of thiazole rings is 1. The lowest BCUT2D eigenvalue weighted by Crippen LogP contribution is -2.58. The lowest BCUT2D eigenvalue weighted by atomic mass is 9.85. The molecular weight excluding hydrogens is 939 g/mol. The Bertz CT molecular complexity index is 2790. The minimum absolute atomic E-state index is 0.0169. The Morgan fingerprint density at radius 1 is 0.822 bits per heavy atom. The fraction of sp³-hybridized carbons (Fsp3) is 0.339. The number of hydrogen-bond donors (Lipinski definition) is 3. The lowest BCUT2D eigenvalue weighted by molar-refractivity contribution is -0.144. The number of rotatable bonds is 21. The number of carbonyl (C=O) groups excluding carboxylic acids is 4. The molecule has 1 fully saturated rings. The highest BCUT2D eigenvalue weighted by Crippen LogP contribution is 2.35. The van der Waals surface area contributed by atoms with Crippen LogP contribution in [0, 0.1) is 12.3 Å². The third-order valence-corrected chi connectivity index (χ3v) is 13.8. The number of likely N-dealkylation sites (N-methyl/N-ethyl adjacent to an activating group) is 1. The van der Waals surface area contributed by atoms with Crippen LogP contribution in [0.4, 0.5) is 4.79 Å². The van der Waals surface area contributed by atoms with Gasteiger partial charge in [-0.2, -0.15) is 0 Å². The molecule has 4 amide bonds. The van der Waals surface area contributed by atoms with E-state index in [2.05, 4.69) is 83.2 Å². The van der Waals surface area contributed by atoms with Gasteiger partial charge in [-0.15, -0.1) is 11.3 Å². The third kappa shape index (κ3) is 14.7. The van der Waals surface area contributed by atoms with Crippen molar-refractivity contribution < 1.29 is 38.5 Å². The number of β-amino-alcohol motifs (C(OH)–C–C–N with tert-alkyl or cyclic N) is 1. The van der Waals surface area contributed by atoms with Crippen LogP contribution in [0.3, 0.4) is 0 Å². The molecule has 0 radical (unpaired) electrons. The van der Waals surface area contributed by atoms with Crippen LogP contribution >= 0.6 is 11.3 Å². The number of carbonyl (C=O) groups is 4. The second-order valence-corrected chi connectivity index (χ2v) is 20.2. The summed E-state index contributed by atoms with van der Waals surface area (Å²) in [6, 6.07) is 42.2. The van der Waals surface area contributed by atoms with E-state index in [4.69, 9.17) is 14.2 Å². The van der Waals surface area contributed by atoms with E-state index in [9.17, 15) is 24.3 Å². The van der Waals surface area contributed by atoms with Crippen molar-refractivity contribution in [1.82, 2.24) is 25.4 Å². The zero-order valence-electron chi connectivity index (χ0n) is 42.6. The fourth-order valence-corrected chi connectivity index (χ4v) is 9.63. The van der Waals surface area contributed by atoms with E-state index >= 15 is 0 Å². The maximum atomic E-state index is 14.0. The topological polar surface area (TPSA) is 160 Å². The summed E-state index contributed by atoms with van der Waals surface area (Å²) in [5.41, 5.74) is 10.9. The molecule has 0 bridgehead atoms. The Labute approximate surface area is 433 Å². The summed E-state index contributed by atoms with van der Waals surface area (Å²) in [7, 11) is 1.67. The van der Waals surface area contributed by atoms with Crippen molar-refractivity contribution in [1.29, 1.82) is 0 Å². The van der Waals surface area contributed by atoms with Gasteiger partial charge in [0.2, 0.25) is 17.7 Å². The molecule has 0 spiro atoms. The molecule has 73 heavy (non-hydrogen) atoms. The molecule has 1 aliphatic heterocycles. The van der Waals surface area contributed by atoms with Gasteiger partial charge < -0.3 is 39.8 Å². The third-order valence-electron chi connectivity index (χ3n) is 12.8. The van der Waals surface area contributed by atoms with Gasteiger partial charge >= 0.3 is 6.09 Å². The number of nitrogens with zero attached hydrogens (tertiary/aromatic N) is 3. The smallest absolute Gasteiger partial charge is 0.415 e. The van der Waals surface area contributed by atoms with Gasteiger partial charge in [0, 0.05) is 33.2 Å². The summed E-state index contributed by atoms with van der Waals surface area (Å²) in [5, 5.41) is 16.4. The highest BCUT2D eigenvalue weighted by molar-refractivity contribution is 7.13. The van der Waals surface area contributed by atoms with E-state index in [0.717, 1.165) is 44.8 Å². The number of allylic oxidation sites excluding steroid dienone is 1. The first-order chi connectivity index (χ1) is 35.2. The molecule has 7 rings (SSSR count). The zero-order valence-corrected chi connectivity index (χ0v) is 43.5. The summed E-state index contributed by atoms with van der Waals surface area (Å²) >= 11 is 1.57. The van der Waals surface area contributed by atoms with Gasteiger partial charge in [-0.05, 0) is 100 Å². The minimum Gasteiger partial charge on any atom is -0.492 e. The number of aliphatic hydroxyl groups is 1. The lowest BCUT2D eigenvalue weighted by Gasteiger charge is -2.35. The summed E-state index contributed by atoms with van der Waals surface area (Å²) in [5.74, 6) is -0.152. The number of aromatic nitrogens is 1. The normalized spacial score (nSPS) is 15.2. The van der Waals surface area contributed by atoms with E-state index in [0.29, 0.717) is 37.5 Å². The Morgan fingerprint density at radius 2 is 1.45 bits per heavy atom. The predicted octanol–water partition coefficient (Wildman–Crippen LogP) is 9.76. The summed E-state index contributed by atoms with van der Waals surface area (Å²) in [6.45, 7) is 10.5. The van der Waals surface area contributed by atoms with Gasteiger partial charge in [0.25, 0.3) is 0 Å². The van der Waals surface area contributed by atoms with Crippen LogP contribution in [0.25, 0.3) is 21.6 Å². The molecular formula is C59H67N5O8S. The molecule has 3 atom stereocenters. The first-order valence-electron chi connectivity index (χ1n) is 24.9. The molecule has 1 aromatic heterocycles. The molecule has 0 saturated carbocycles. The summed E-state index contributed by atoms with van der Waals surface area (Å²) in [6.07, 6.45) is 0.874. The van der Waals surface area contributed by atoms with Gasteiger partial charge in [-0.25, -0.2) is 9.78 Å². The van der Waals surface area contributed by atoms with Crippen molar-refractivity contribution in [3.8, 4) is 21.9 Å². The van der Waals surface area contributed by atoms with Crippen molar-refractivity contribution in [3.05, 3.63) is 172 Å². The zero-order chi connectivity index (χ0) is 51.9. The van der Waals surface area contributed by atoms with Crippen LogP contribution in [0.5, 0.6) is 11.5 Å². The predicted molar refractivity (Wildman–Crippen MR) is 287 cm³/mol. The van der Waals surface area contributed by atoms with Gasteiger partial charge in [0.15, 0.2) is 0 Å². The molecule has 5 aromatic carbocycles. The van der Waals surface area contributed by atoms with Gasteiger partial charge in [-0.1, -0.05) is 137 Å². The Morgan fingerprint density at radius 3 is 2.08 bits per heavy atom. The summed E-state index contributed by atoms with van der Waals surface area (Å²) in [4.78, 5) is 61.8. The monoisotopic (exact) mass is 1010 g/mol. The second-order valence-electron chi connectivity index (χ2n) is 19.3. The van der Waals surface area contributed by atoms with Crippen LogP contribution in [0.2, 0.25) is 0 Å². The van der Waals surface area contributed by atoms with E-state index in [1.807, 2.05) is 93.9 Å². The van der Waals surface area contributed by atoms with Crippen molar-refractivity contribution >= 4 is 46.3 Å². The van der Waals surface area contributed by atoms with Crippen molar-refractivity contribution in [3.63, 3.8) is 0 Å². The molecule has 3 N–H and O–H groups in total.